The van der Waals surface area contributed by atoms with Crippen molar-refractivity contribution in [2.45, 2.75) is 80.1 Å². The van der Waals surface area contributed by atoms with Crippen molar-refractivity contribution in [3.05, 3.63) is 70.8 Å². The highest BCUT2D eigenvalue weighted by Crippen LogP contribution is 2.74. The predicted octanol–water partition coefficient (Wildman–Crippen LogP) is 4.03. The average Bonchev–Trinajstić information content (AvgIpc) is 3.88. The molecule has 10 rings (SSSR count). The number of amides is 1. The van der Waals surface area contributed by atoms with Gasteiger partial charge >= 0.3 is 0 Å². The fourth-order valence-electron chi connectivity index (χ4n) is 9.86. The van der Waals surface area contributed by atoms with Gasteiger partial charge in [-0.25, -0.2) is 0 Å². The number of carbonyl (C=O) groups is 1. The Balaban J connectivity index is 1.21. The number of aromatic hydroxyl groups is 1. The van der Waals surface area contributed by atoms with Crippen LogP contribution < -0.4 is 4.74 Å². The van der Waals surface area contributed by atoms with Gasteiger partial charge in [0, 0.05) is 36.2 Å². The smallest absolute Gasteiger partial charge is 0.253 e. The van der Waals surface area contributed by atoms with E-state index in [0.29, 0.717) is 17.7 Å². The van der Waals surface area contributed by atoms with Crippen LogP contribution >= 0.6 is 0 Å². The fourth-order valence-corrected chi connectivity index (χ4v) is 9.86. The summed E-state index contributed by atoms with van der Waals surface area (Å²) in [5.74, 6) is 1.41. The Morgan fingerprint density at radius 1 is 1.08 bits per heavy atom. The molecule has 2 aliphatic heterocycles. The molecule has 2 aromatic rings. The van der Waals surface area contributed by atoms with Gasteiger partial charge in [-0.15, -0.1) is 0 Å². The van der Waals surface area contributed by atoms with Crippen molar-refractivity contribution < 1.29 is 19.7 Å². The van der Waals surface area contributed by atoms with Gasteiger partial charge in [-0.2, -0.15) is 0 Å². The first-order valence-corrected chi connectivity index (χ1v) is 14.9. The SMILES string of the molecule is CN(C(=O)C1=C[C@@]23CC[C@]1(O)[C@@H]1Oc4c(O)ccc5c4[C@@]12CCN(CC1CC1)[C@@H]3C5)C1(c2ccccc2)CC1. The first kappa shape index (κ1) is 22.9. The van der Waals surface area contributed by atoms with Gasteiger partial charge in [0.25, 0.3) is 5.91 Å². The summed E-state index contributed by atoms with van der Waals surface area (Å²) in [6.45, 7) is 2.09. The van der Waals surface area contributed by atoms with Crippen LogP contribution in [0.15, 0.2) is 54.1 Å². The fraction of sp³-hybridized carbons (Fsp3) is 0.545. The predicted molar refractivity (Wildman–Crippen MR) is 145 cm³/mol. The van der Waals surface area contributed by atoms with Gasteiger partial charge in [-0.05, 0) is 81.0 Å². The van der Waals surface area contributed by atoms with Crippen LogP contribution in [0.1, 0.15) is 61.6 Å². The van der Waals surface area contributed by atoms with Crippen LogP contribution in [0.5, 0.6) is 11.5 Å². The second-order valence-electron chi connectivity index (χ2n) is 13.6. The molecule has 2 heterocycles. The third-order valence-corrected chi connectivity index (χ3v) is 12.0. The van der Waals surface area contributed by atoms with Crippen molar-refractivity contribution in [2.24, 2.45) is 11.3 Å². The molecule has 0 radical (unpaired) electrons. The minimum Gasteiger partial charge on any atom is -0.504 e. The molecule has 202 valence electrons. The maximum atomic E-state index is 14.5. The minimum atomic E-state index is -1.39. The second-order valence-corrected chi connectivity index (χ2v) is 13.6. The summed E-state index contributed by atoms with van der Waals surface area (Å²) in [6, 6.07) is 14.4. The van der Waals surface area contributed by atoms with Gasteiger partial charge in [-0.3, -0.25) is 9.69 Å². The zero-order valence-electron chi connectivity index (χ0n) is 22.5. The van der Waals surface area contributed by atoms with E-state index in [1.54, 1.807) is 6.07 Å². The van der Waals surface area contributed by atoms with E-state index < -0.39 is 17.1 Å². The van der Waals surface area contributed by atoms with E-state index >= 15 is 0 Å². The summed E-state index contributed by atoms with van der Waals surface area (Å²) in [7, 11) is 1.91. The second kappa shape index (κ2) is 7.08. The molecule has 8 aliphatic rings. The number of rotatable bonds is 5. The van der Waals surface area contributed by atoms with E-state index in [4.69, 9.17) is 4.74 Å². The van der Waals surface area contributed by atoms with Crippen LogP contribution in [0.2, 0.25) is 0 Å². The lowest BCUT2D eigenvalue weighted by atomic mass is 9.38. The number of likely N-dealkylation sites (N-methyl/N-ethyl adjacent to an activating group) is 1. The molecule has 6 aliphatic carbocycles. The van der Waals surface area contributed by atoms with Gasteiger partial charge in [0.15, 0.2) is 11.5 Å². The summed E-state index contributed by atoms with van der Waals surface area (Å²) in [4.78, 5) is 19.1. The molecule has 2 N–H and O–H groups in total. The number of aliphatic hydroxyl groups is 1. The van der Waals surface area contributed by atoms with Gasteiger partial charge < -0.3 is 19.8 Å². The number of piperidine rings is 1. The van der Waals surface area contributed by atoms with E-state index in [0.717, 1.165) is 62.2 Å². The maximum absolute atomic E-state index is 14.5. The van der Waals surface area contributed by atoms with Crippen LogP contribution in [0.4, 0.5) is 0 Å². The molecular formula is C33H36N2O4. The Morgan fingerprint density at radius 2 is 1.87 bits per heavy atom. The van der Waals surface area contributed by atoms with Crippen LogP contribution in [0.3, 0.4) is 0 Å². The zero-order valence-corrected chi connectivity index (χ0v) is 22.5. The minimum absolute atomic E-state index is 0.0748. The Bertz CT molecular complexity index is 1460. The zero-order chi connectivity index (χ0) is 26.4. The topological polar surface area (TPSA) is 73.2 Å². The van der Waals surface area contributed by atoms with Gasteiger partial charge in [0.1, 0.15) is 11.7 Å². The van der Waals surface area contributed by atoms with Crippen molar-refractivity contribution in [3.8, 4) is 11.5 Å². The number of phenols is 1. The van der Waals surface area contributed by atoms with Crippen molar-refractivity contribution >= 4 is 5.91 Å². The van der Waals surface area contributed by atoms with Crippen molar-refractivity contribution in [3.63, 3.8) is 0 Å². The molecule has 4 fully saturated rings. The summed E-state index contributed by atoms with van der Waals surface area (Å²) in [5, 5.41) is 23.6. The molecule has 1 saturated heterocycles. The molecule has 3 saturated carbocycles. The molecule has 39 heavy (non-hydrogen) atoms. The van der Waals surface area contributed by atoms with E-state index in [9.17, 15) is 15.0 Å². The lowest BCUT2D eigenvalue weighted by molar-refractivity contribution is -0.188. The lowest BCUT2D eigenvalue weighted by Crippen LogP contribution is -2.78. The third-order valence-electron chi connectivity index (χ3n) is 12.0. The van der Waals surface area contributed by atoms with Crippen LogP contribution in [0.25, 0.3) is 0 Å². The van der Waals surface area contributed by atoms with Crippen LogP contribution in [0, 0.1) is 11.3 Å². The number of ether oxygens (including phenoxy) is 1. The molecule has 1 amide bonds. The quantitative estimate of drug-likeness (QED) is 0.618. The lowest BCUT2D eigenvalue weighted by Gasteiger charge is -2.70. The maximum Gasteiger partial charge on any atom is 0.253 e. The number of hydrogen-bond acceptors (Lipinski definition) is 5. The molecule has 2 spiro atoms. The first-order chi connectivity index (χ1) is 18.8. The number of benzene rings is 2. The highest BCUT2D eigenvalue weighted by Gasteiger charge is 2.79. The Kier molecular flexibility index (Phi) is 4.16. The molecule has 0 aromatic heterocycles. The van der Waals surface area contributed by atoms with Crippen LogP contribution in [-0.4, -0.2) is 63.8 Å². The van der Waals surface area contributed by atoms with E-state index in [1.807, 2.05) is 30.1 Å². The first-order valence-electron chi connectivity index (χ1n) is 14.9. The monoisotopic (exact) mass is 524 g/mol. The number of carbonyl (C=O) groups excluding carboxylic acids is 1. The number of likely N-dealkylation sites (tertiary alicyclic amines) is 1. The van der Waals surface area contributed by atoms with Gasteiger partial charge in [0.05, 0.1) is 11.0 Å². The van der Waals surface area contributed by atoms with Crippen molar-refractivity contribution in [2.75, 3.05) is 20.1 Å². The average molecular weight is 525 g/mol. The van der Waals surface area contributed by atoms with Gasteiger partial charge in [0.2, 0.25) is 0 Å². The van der Waals surface area contributed by atoms with Crippen LogP contribution in [-0.2, 0) is 22.2 Å². The normalized spacial score (nSPS) is 38.1. The molecule has 4 bridgehead atoms. The number of phenolic OH excluding ortho intramolecular Hbond substituents is 1. The van der Waals surface area contributed by atoms with E-state index in [1.165, 1.54) is 18.4 Å². The molecule has 6 nitrogen and oxygen atoms in total. The molecular weight excluding hydrogens is 488 g/mol. The highest BCUT2D eigenvalue weighted by atomic mass is 16.5. The molecule has 0 unspecified atom stereocenters. The highest BCUT2D eigenvalue weighted by molar-refractivity contribution is 5.97. The van der Waals surface area contributed by atoms with E-state index in [2.05, 4.69) is 29.2 Å². The van der Waals surface area contributed by atoms with Crippen molar-refractivity contribution in [1.82, 2.24) is 9.80 Å². The summed E-state index contributed by atoms with van der Waals surface area (Å²) < 4.78 is 6.69. The number of hydrogen-bond donors (Lipinski definition) is 2. The Labute approximate surface area is 229 Å². The summed E-state index contributed by atoms with van der Waals surface area (Å²) >= 11 is 0. The largest absolute Gasteiger partial charge is 0.504 e. The number of nitrogens with zero attached hydrogens (tertiary/aromatic N) is 2. The van der Waals surface area contributed by atoms with Crippen molar-refractivity contribution in [1.29, 1.82) is 0 Å². The molecule has 2 aromatic carbocycles. The van der Waals surface area contributed by atoms with E-state index in [-0.39, 0.29) is 28.7 Å². The number of fused-ring (bicyclic) bond motifs is 1. The van der Waals surface area contributed by atoms with Gasteiger partial charge in [-0.1, -0.05) is 42.5 Å². The summed E-state index contributed by atoms with van der Waals surface area (Å²) in [6.07, 6.45) is 9.30. The standard InChI is InChI=1S/C33H36N2O4/c1-34(31(12-13-31)22-5-3-2-4-6-22)28(37)23-18-30-11-14-33(23,38)29-32(30)15-16-35(19-20-7-8-20)25(30)17-21-9-10-24(36)27(39-29)26(21)32/h2-6,9-10,18,20,25,29,36,38H,7-8,11-17,19H2,1H3/t25-,29-,30-,32+,33-/m1/s1. The Morgan fingerprint density at radius 3 is 2.62 bits per heavy atom. The summed E-state index contributed by atoms with van der Waals surface area (Å²) in [5.41, 5.74) is 1.64. The Hall–Kier alpha value is -2.83. The molecule has 5 atom stereocenters. The third kappa shape index (κ3) is 2.55. The molecule has 6 heteroatoms.